The molecule has 3 N–H and O–H groups in total. The zero-order valence-electron chi connectivity index (χ0n) is 10.9. The number of para-hydroxylation sites is 2. The number of urea groups is 1. The van der Waals surface area contributed by atoms with Crippen LogP contribution in [-0.2, 0) is 4.79 Å². The maximum absolute atomic E-state index is 12.1. The molecule has 2 atom stereocenters. The molecule has 108 valence electrons. The Hall–Kier alpha value is -2.28. The highest BCUT2D eigenvalue weighted by Gasteiger charge is 2.39. The van der Waals surface area contributed by atoms with Crippen LogP contribution < -0.4 is 10.1 Å². The monoisotopic (exact) mass is 280 g/mol. The molecule has 1 fully saturated rings. The van der Waals surface area contributed by atoms with Crippen LogP contribution in [0.4, 0.5) is 10.5 Å². The Balaban J connectivity index is 2.13. The number of anilines is 1. The number of carbonyl (C=O) groups is 2. The van der Waals surface area contributed by atoms with Crippen LogP contribution in [0.2, 0.25) is 0 Å². The molecule has 0 spiro atoms. The summed E-state index contributed by atoms with van der Waals surface area (Å²) in [5.41, 5.74) is 0.450. The first kappa shape index (κ1) is 14.1. The van der Waals surface area contributed by atoms with Gasteiger partial charge in [-0.25, -0.2) is 9.59 Å². The number of nitrogens with one attached hydrogen (secondary N) is 1. The number of hydrogen-bond acceptors (Lipinski definition) is 4. The van der Waals surface area contributed by atoms with Crippen LogP contribution in [0.1, 0.15) is 6.42 Å². The van der Waals surface area contributed by atoms with Crippen molar-refractivity contribution in [2.24, 2.45) is 0 Å². The number of β-amino-alcohol motifs (C(OH)–C–C–N with tert-alkyl or cyclic N) is 1. The number of nitrogens with zero attached hydrogens (tertiary/aromatic N) is 1. The minimum atomic E-state index is -1.13. The number of carboxylic acid groups (broad SMARTS) is 1. The van der Waals surface area contributed by atoms with Gasteiger partial charge in [-0.2, -0.15) is 0 Å². The molecule has 1 heterocycles. The third kappa shape index (κ3) is 2.83. The van der Waals surface area contributed by atoms with E-state index in [0.29, 0.717) is 11.4 Å². The summed E-state index contributed by atoms with van der Waals surface area (Å²) in [7, 11) is 1.48. The summed E-state index contributed by atoms with van der Waals surface area (Å²) < 4.78 is 5.11. The number of aliphatic hydroxyl groups excluding tert-OH is 1. The third-order valence-electron chi connectivity index (χ3n) is 3.17. The van der Waals surface area contributed by atoms with Gasteiger partial charge in [-0.1, -0.05) is 12.1 Å². The van der Waals surface area contributed by atoms with E-state index in [1.54, 1.807) is 24.3 Å². The molecule has 7 heteroatoms. The molecule has 1 aromatic rings. The number of aliphatic hydroxyl groups is 1. The molecule has 1 aliphatic rings. The summed E-state index contributed by atoms with van der Waals surface area (Å²) in [5, 5.41) is 21.2. The highest BCUT2D eigenvalue weighted by molar-refractivity contribution is 5.94. The molecule has 0 aliphatic carbocycles. The summed E-state index contributed by atoms with van der Waals surface area (Å²) in [6, 6.07) is 5.24. The van der Waals surface area contributed by atoms with E-state index >= 15 is 0 Å². The molecule has 2 rings (SSSR count). The summed E-state index contributed by atoms with van der Waals surface area (Å²) in [4.78, 5) is 24.3. The molecule has 0 radical (unpaired) electrons. The summed E-state index contributed by atoms with van der Waals surface area (Å²) in [6.07, 6.45) is -0.784. The van der Waals surface area contributed by atoms with Crippen LogP contribution in [0, 0.1) is 0 Å². The molecule has 1 aliphatic heterocycles. The smallest absolute Gasteiger partial charge is 0.326 e. The van der Waals surface area contributed by atoms with Gasteiger partial charge < -0.3 is 25.2 Å². The normalized spacial score (nSPS) is 21.6. The van der Waals surface area contributed by atoms with Gasteiger partial charge in [-0.15, -0.1) is 0 Å². The molecule has 0 aromatic heterocycles. The molecule has 1 saturated heterocycles. The lowest BCUT2D eigenvalue weighted by Gasteiger charge is -2.22. The minimum Gasteiger partial charge on any atom is -0.495 e. The predicted molar refractivity (Wildman–Crippen MR) is 70.8 cm³/mol. The Kier molecular flexibility index (Phi) is 4.09. The first-order valence-corrected chi connectivity index (χ1v) is 6.14. The van der Waals surface area contributed by atoms with Crippen LogP contribution in [0.3, 0.4) is 0 Å². The number of likely N-dealkylation sites (tertiary alicyclic amines) is 1. The third-order valence-corrected chi connectivity index (χ3v) is 3.17. The van der Waals surface area contributed by atoms with E-state index in [1.165, 1.54) is 7.11 Å². The maximum atomic E-state index is 12.1. The fourth-order valence-corrected chi connectivity index (χ4v) is 2.21. The van der Waals surface area contributed by atoms with Gasteiger partial charge in [-0.05, 0) is 12.1 Å². The standard InChI is InChI=1S/C13H16N2O5/c1-20-11-5-3-2-4-9(11)14-13(19)15-7-8(16)6-10(15)12(17)18/h2-5,8,10,16H,6-7H2,1H3,(H,14,19)(H,17,18). The zero-order chi connectivity index (χ0) is 14.7. The lowest BCUT2D eigenvalue weighted by Crippen LogP contribution is -2.43. The topological polar surface area (TPSA) is 99.1 Å². The Bertz CT molecular complexity index is 519. The highest BCUT2D eigenvalue weighted by Crippen LogP contribution is 2.25. The number of rotatable bonds is 3. The van der Waals surface area contributed by atoms with Gasteiger partial charge >= 0.3 is 12.0 Å². The SMILES string of the molecule is COc1ccccc1NC(=O)N1CC(O)CC1C(=O)O. The van der Waals surface area contributed by atoms with E-state index in [0.717, 1.165) is 4.90 Å². The summed E-state index contributed by atoms with van der Waals surface area (Å²) in [5.74, 6) is -0.649. The summed E-state index contributed by atoms with van der Waals surface area (Å²) >= 11 is 0. The summed E-state index contributed by atoms with van der Waals surface area (Å²) in [6.45, 7) is -0.00203. The average molecular weight is 280 g/mol. The number of ether oxygens (including phenoxy) is 1. The van der Waals surface area contributed by atoms with Crippen molar-refractivity contribution in [3.05, 3.63) is 24.3 Å². The van der Waals surface area contributed by atoms with Crippen molar-refractivity contribution in [3.63, 3.8) is 0 Å². The molecule has 2 unspecified atom stereocenters. The molecule has 20 heavy (non-hydrogen) atoms. The van der Waals surface area contributed by atoms with Gasteiger partial charge in [0.2, 0.25) is 0 Å². The van der Waals surface area contributed by atoms with Gasteiger partial charge in [0.05, 0.1) is 18.9 Å². The van der Waals surface area contributed by atoms with E-state index in [9.17, 15) is 14.7 Å². The van der Waals surface area contributed by atoms with E-state index in [2.05, 4.69) is 5.32 Å². The largest absolute Gasteiger partial charge is 0.495 e. The lowest BCUT2D eigenvalue weighted by atomic mass is 10.2. The number of amides is 2. The average Bonchev–Trinajstić information content (AvgIpc) is 2.82. The molecule has 0 bridgehead atoms. The number of aliphatic carboxylic acids is 1. The van der Waals surface area contributed by atoms with Crippen molar-refractivity contribution in [1.29, 1.82) is 0 Å². The molecular formula is C13H16N2O5. The van der Waals surface area contributed by atoms with Crippen molar-refractivity contribution in [1.82, 2.24) is 4.90 Å². The Morgan fingerprint density at radius 1 is 1.40 bits per heavy atom. The molecule has 0 saturated carbocycles. The van der Waals surface area contributed by atoms with Crippen molar-refractivity contribution in [2.75, 3.05) is 19.0 Å². The van der Waals surface area contributed by atoms with E-state index in [-0.39, 0.29) is 13.0 Å². The maximum Gasteiger partial charge on any atom is 0.326 e. The van der Waals surface area contributed by atoms with Crippen LogP contribution in [0.25, 0.3) is 0 Å². The predicted octanol–water partition coefficient (Wildman–Crippen LogP) is 0.747. The van der Waals surface area contributed by atoms with Crippen molar-refractivity contribution in [2.45, 2.75) is 18.6 Å². The second-order valence-electron chi connectivity index (χ2n) is 4.53. The fourth-order valence-electron chi connectivity index (χ4n) is 2.21. The number of benzene rings is 1. The van der Waals surface area contributed by atoms with Gasteiger partial charge in [0.15, 0.2) is 0 Å². The highest BCUT2D eigenvalue weighted by atomic mass is 16.5. The fraction of sp³-hybridized carbons (Fsp3) is 0.385. The van der Waals surface area contributed by atoms with E-state index < -0.39 is 24.1 Å². The van der Waals surface area contributed by atoms with Crippen molar-refractivity contribution >= 4 is 17.7 Å². The van der Waals surface area contributed by atoms with Gasteiger partial charge in [0.25, 0.3) is 0 Å². The van der Waals surface area contributed by atoms with Crippen molar-refractivity contribution < 1.29 is 24.5 Å². The molecule has 2 amide bonds. The number of hydrogen-bond donors (Lipinski definition) is 3. The lowest BCUT2D eigenvalue weighted by molar-refractivity contribution is -0.141. The Morgan fingerprint density at radius 2 is 2.10 bits per heavy atom. The van der Waals surface area contributed by atoms with E-state index in [1.807, 2.05) is 0 Å². The van der Waals surface area contributed by atoms with E-state index in [4.69, 9.17) is 9.84 Å². The number of methoxy groups -OCH3 is 1. The van der Waals surface area contributed by atoms with Crippen LogP contribution >= 0.6 is 0 Å². The second-order valence-corrected chi connectivity index (χ2v) is 4.53. The molecule has 7 nitrogen and oxygen atoms in total. The molecular weight excluding hydrogens is 264 g/mol. The van der Waals surface area contributed by atoms with Gasteiger partial charge in [0.1, 0.15) is 11.8 Å². The quantitative estimate of drug-likeness (QED) is 0.758. The number of carbonyl (C=O) groups excluding carboxylic acids is 1. The van der Waals surface area contributed by atoms with Gasteiger partial charge in [0, 0.05) is 13.0 Å². The second kappa shape index (κ2) is 5.79. The Labute approximate surface area is 115 Å². The molecule has 1 aromatic carbocycles. The van der Waals surface area contributed by atoms with Gasteiger partial charge in [-0.3, -0.25) is 0 Å². The first-order valence-electron chi connectivity index (χ1n) is 6.14. The zero-order valence-corrected chi connectivity index (χ0v) is 10.9. The minimum absolute atomic E-state index is 0.00203. The van der Waals surface area contributed by atoms with Crippen molar-refractivity contribution in [3.8, 4) is 5.75 Å². The van der Waals surface area contributed by atoms with Crippen LogP contribution in [-0.4, -0.2) is 52.9 Å². The number of carboxylic acids is 1. The Morgan fingerprint density at radius 3 is 2.75 bits per heavy atom. The van der Waals surface area contributed by atoms with Crippen LogP contribution in [0.5, 0.6) is 5.75 Å². The first-order chi connectivity index (χ1) is 9.52. The van der Waals surface area contributed by atoms with Crippen LogP contribution in [0.15, 0.2) is 24.3 Å².